The van der Waals surface area contributed by atoms with Crippen molar-refractivity contribution in [1.82, 2.24) is 5.32 Å². The molecule has 2 heterocycles. The summed E-state index contributed by atoms with van der Waals surface area (Å²) >= 11 is 0. The largest absolute Gasteiger partial charge is 0.447 e. The van der Waals surface area contributed by atoms with Crippen LogP contribution in [-0.2, 0) is 11.3 Å². The van der Waals surface area contributed by atoms with Crippen molar-refractivity contribution in [1.29, 1.82) is 0 Å². The summed E-state index contributed by atoms with van der Waals surface area (Å²) in [5, 5.41) is 14.2. The molecule has 2 aliphatic heterocycles. The summed E-state index contributed by atoms with van der Waals surface area (Å²) in [6.45, 7) is 4.90. The molecule has 2 fully saturated rings. The molecule has 2 saturated heterocycles. The van der Waals surface area contributed by atoms with E-state index in [0.29, 0.717) is 36.0 Å². The zero-order valence-electron chi connectivity index (χ0n) is 18.0. The molecule has 0 bridgehead atoms. The molecule has 2 amide bonds. The summed E-state index contributed by atoms with van der Waals surface area (Å²) in [6.07, 6.45) is 1.65. The summed E-state index contributed by atoms with van der Waals surface area (Å²) in [5.41, 5.74) is 2.42. The minimum absolute atomic E-state index is 0.112. The Bertz CT molecular complexity index is 1030. The minimum atomic E-state index is -0.489. The van der Waals surface area contributed by atoms with Gasteiger partial charge in [0.1, 0.15) is 6.61 Å². The molecule has 0 atom stereocenters. The summed E-state index contributed by atoms with van der Waals surface area (Å²) in [6, 6.07) is 11.8. The molecular weight excluding hydrogens is 412 g/mol. The second kappa shape index (κ2) is 9.25. The number of benzene rings is 2. The van der Waals surface area contributed by atoms with Crippen LogP contribution in [0.25, 0.3) is 0 Å². The summed E-state index contributed by atoms with van der Waals surface area (Å²) in [4.78, 5) is 39.3. The lowest BCUT2D eigenvalue weighted by Crippen LogP contribution is -2.35. The maximum atomic E-state index is 13.1. The van der Waals surface area contributed by atoms with Crippen LogP contribution in [0.5, 0.6) is 0 Å². The topological polar surface area (TPSA) is 105 Å². The van der Waals surface area contributed by atoms with Crippen LogP contribution in [0, 0.1) is 16.0 Å². The number of nitrogens with one attached hydrogen (secondary N) is 1. The molecule has 1 N–H and O–H groups in total. The van der Waals surface area contributed by atoms with Gasteiger partial charge in [0.25, 0.3) is 11.6 Å². The van der Waals surface area contributed by atoms with Gasteiger partial charge in [-0.2, -0.15) is 0 Å². The molecule has 2 aliphatic rings. The number of nitro benzene ring substituents is 1. The number of non-ortho nitro benzene ring substituents is 1. The Kier molecular flexibility index (Phi) is 6.25. The van der Waals surface area contributed by atoms with Crippen LogP contribution >= 0.6 is 0 Å². The van der Waals surface area contributed by atoms with E-state index in [2.05, 4.69) is 17.1 Å². The van der Waals surface area contributed by atoms with E-state index in [0.717, 1.165) is 31.5 Å². The molecule has 4 rings (SSSR count). The monoisotopic (exact) mass is 438 g/mol. The lowest BCUT2D eigenvalue weighted by Gasteiger charge is -2.33. The lowest BCUT2D eigenvalue weighted by molar-refractivity contribution is -0.384. The average Bonchev–Trinajstić information content (AvgIpc) is 3.23. The second-order valence-electron chi connectivity index (χ2n) is 8.25. The van der Waals surface area contributed by atoms with Gasteiger partial charge >= 0.3 is 6.09 Å². The third-order valence-electron chi connectivity index (χ3n) is 6.00. The first-order chi connectivity index (χ1) is 15.4. The first-order valence-electron chi connectivity index (χ1n) is 10.8. The maximum absolute atomic E-state index is 13.1. The smallest absolute Gasteiger partial charge is 0.414 e. The van der Waals surface area contributed by atoms with Crippen LogP contribution in [0.1, 0.15) is 35.7 Å². The lowest BCUT2D eigenvalue weighted by atomic mass is 9.98. The maximum Gasteiger partial charge on any atom is 0.414 e. The number of cyclic esters (lactones) is 1. The van der Waals surface area contributed by atoms with Gasteiger partial charge in [-0.25, -0.2) is 4.79 Å². The van der Waals surface area contributed by atoms with Crippen LogP contribution < -0.4 is 15.1 Å². The van der Waals surface area contributed by atoms with Crippen molar-refractivity contribution in [2.45, 2.75) is 26.3 Å². The number of rotatable bonds is 6. The number of piperidine rings is 1. The fourth-order valence-electron chi connectivity index (χ4n) is 4.08. The predicted octanol–water partition coefficient (Wildman–Crippen LogP) is 3.72. The molecular formula is C23H26N4O5. The van der Waals surface area contributed by atoms with Crippen molar-refractivity contribution in [2.24, 2.45) is 5.92 Å². The van der Waals surface area contributed by atoms with Gasteiger partial charge < -0.3 is 15.0 Å². The molecule has 9 heteroatoms. The average molecular weight is 438 g/mol. The Hall–Kier alpha value is -3.62. The number of nitro groups is 1. The van der Waals surface area contributed by atoms with Crippen molar-refractivity contribution in [3.8, 4) is 0 Å². The number of amides is 2. The molecule has 2 aromatic carbocycles. The molecule has 0 aromatic heterocycles. The van der Waals surface area contributed by atoms with Crippen molar-refractivity contribution in [3.05, 3.63) is 63.7 Å². The second-order valence-corrected chi connectivity index (χ2v) is 8.25. The molecule has 0 radical (unpaired) electrons. The van der Waals surface area contributed by atoms with Gasteiger partial charge in [-0.1, -0.05) is 19.1 Å². The van der Waals surface area contributed by atoms with E-state index in [9.17, 15) is 19.7 Å². The zero-order valence-corrected chi connectivity index (χ0v) is 18.0. The zero-order chi connectivity index (χ0) is 22.7. The van der Waals surface area contributed by atoms with E-state index in [4.69, 9.17) is 4.74 Å². The van der Waals surface area contributed by atoms with Crippen molar-refractivity contribution in [3.63, 3.8) is 0 Å². The van der Waals surface area contributed by atoms with Crippen LogP contribution in [-0.4, -0.2) is 43.2 Å². The van der Waals surface area contributed by atoms with Gasteiger partial charge in [0.2, 0.25) is 0 Å². The van der Waals surface area contributed by atoms with Gasteiger partial charge in [-0.05, 0) is 42.5 Å². The molecule has 32 heavy (non-hydrogen) atoms. The van der Waals surface area contributed by atoms with Gasteiger partial charge in [0.15, 0.2) is 0 Å². The third kappa shape index (κ3) is 4.66. The van der Waals surface area contributed by atoms with E-state index < -0.39 is 4.92 Å². The highest BCUT2D eigenvalue weighted by atomic mass is 16.6. The van der Waals surface area contributed by atoms with Crippen molar-refractivity contribution in [2.75, 3.05) is 36.0 Å². The minimum Gasteiger partial charge on any atom is -0.447 e. The number of carbonyl (C=O) groups is 2. The third-order valence-corrected chi connectivity index (χ3v) is 6.00. The fourth-order valence-corrected chi connectivity index (χ4v) is 4.08. The quantitative estimate of drug-likeness (QED) is 0.544. The highest BCUT2D eigenvalue weighted by Crippen LogP contribution is 2.29. The number of carbonyl (C=O) groups excluding carboxylic acids is 2. The Morgan fingerprint density at radius 1 is 1.19 bits per heavy atom. The number of ether oxygens (including phenoxy) is 1. The van der Waals surface area contributed by atoms with E-state index in [-0.39, 0.29) is 24.2 Å². The van der Waals surface area contributed by atoms with E-state index in [1.54, 1.807) is 11.0 Å². The van der Waals surface area contributed by atoms with E-state index in [1.807, 2.05) is 24.3 Å². The molecule has 0 saturated carbocycles. The summed E-state index contributed by atoms with van der Waals surface area (Å²) in [7, 11) is 0. The van der Waals surface area contributed by atoms with Crippen LogP contribution in [0.3, 0.4) is 0 Å². The van der Waals surface area contributed by atoms with Crippen LogP contribution in [0.15, 0.2) is 42.5 Å². The van der Waals surface area contributed by atoms with Gasteiger partial charge in [-0.3, -0.25) is 19.8 Å². The summed E-state index contributed by atoms with van der Waals surface area (Å²) in [5.74, 6) is 0.259. The highest BCUT2D eigenvalue weighted by Gasteiger charge is 2.25. The Morgan fingerprint density at radius 2 is 1.97 bits per heavy atom. The van der Waals surface area contributed by atoms with Crippen molar-refractivity contribution >= 4 is 29.1 Å². The molecule has 2 aromatic rings. The molecule has 0 unspecified atom stereocenters. The molecule has 9 nitrogen and oxygen atoms in total. The standard InChI is InChI=1S/C23H26N4O5/c1-16-7-9-25(10-8-16)21-6-5-19(27(30)31)14-20(21)22(28)24-15-17-3-2-4-18(13-17)26-11-12-32-23(26)29/h2-6,13-14,16H,7-12,15H2,1H3,(H,24,28). The van der Waals surface area contributed by atoms with Gasteiger partial charge in [0, 0.05) is 37.5 Å². The van der Waals surface area contributed by atoms with Crippen LogP contribution in [0.2, 0.25) is 0 Å². The van der Waals surface area contributed by atoms with Gasteiger partial charge in [-0.15, -0.1) is 0 Å². The number of hydrogen-bond acceptors (Lipinski definition) is 6. The number of nitrogens with zero attached hydrogens (tertiary/aromatic N) is 3. The Morgan fingerprint density at radius 3 is 2.66 bits per heavy atom. The fraction of sp³-hybridized carbons (Fsp3) is 0.391. The number of anilines is 2. The normalized spacial score (nSPS) is 16.7. The van der Waals surface area contributed by atoms with E-state index in [1.165, 1.54) is 12.1 Å². The summed E-state index contributed by atoms with van der Waals surface area (Å²) < 4.78 is 4.98. The first kappa shape index (κ1) is 21.6. The Labute approximate surface area is 186 Å². The van der Waals surface area contributed by atoms with E-state index >= 15 is 0 Å². The van der Waals surface area contributed by atoms with Crippen molar-refractivity contribution < 1.29 is 19.2 Å². The first-order valence-corrected chi connectivity index (χ1v) is 10.8. The number of hydrogen-bond donors (Lipinski definition) is 1. The van der Waals surface area contributed by atoms with Gasteiger partial charge in [0.05, 0.1) is 22.7 Å². The Balaban J connectivity index is 1.52. The molecule has 0 aliphatic carbocycles. The van der Waals surface area contributed by atoms with Crippen LogP contribution in [0.4, 0.5) is 21.9 Å². The molecule has 0 spiro atoms. The molecule has 168 valence electrons. The predicted molar refractivity (Wildman–Crippen MR) is 120 cm³/mol. The SMILES string of the molecule is CC1CCN(c2ccc([N+](=O)[O-])cc2C(=O)NCc2cccc(N3CCOC3=O)c2)CC1. The highest BCUT2D eigenvalue weighted by molar-refractivity contribution is 6.00.